The molecule has 0 saturated carbocycles. The van der Waals surface area contributed by atoms with Crippen LogP contribution in [0.1, 0.15) is 17.0 Å². The minimum atomic E-state index is -0.00108. The normalized spacial score (nSPS) is 17.3. The van der Waals surface area contributed by atoms with Gasteiger partial charge in [0.25, 0.3) is 0 Å². The number of nitrogen functional groups attached to an aromatic ring is 1. The average Bonchev–Trinajstić information content (AvgIpc) is 3.13. The van der Waals surface area contributed by atoms with E-state index in [4.69, 9.17) is 15.2 Å². The van der Waals surface area contributed by atoms with E-state index in [-0.39, 0.29) is 5.91 Å². The molecule has 1 saturated heterocycles. The number of rotatable bonds is 2. The third-order valence-corrected chi connectivity index (χ3v) is 5.54. The molecule has 0 atom stereocenters. The van der Waals surface area contributed by atoms with Crippen molar-refractivity contribution in [1.29, 1.82) is 0 Å². The Morgan fingerprint density at radius 1 is 1.14 bits per heavy atom. The van der Waals surface area contributed by atoms with Crippen molar-refractivity contribution in [2.75, 3.05) is 38.6 Å². The fraction of sp³-hybridized carbons (Fsp3) is 0.381. The van der Waals surface area contributed by atoms with Gasteiger partial charge in [0.05, 0.1) is 30.9 Å². The van der Waals surface area contributed by atoms with E-state index in [1.54, 1.807) is 11.0 Å². The van der Waals surface area contributed by atoms with Crippen molar-refractivity contribution in [2.24, 2.45) is 0 Å². The minimum absolute atomic E-state index is 0.00108. The average molecular weight is 393 g/mol. The first kappa shape index (κ1) is 18.1. The van der Waals surface area contributed by atoms with E-state index in [2.05, 4.69) is 27.5 Å². The number of aryl methyl sites for hydroxylation is 1. The molecule has 1 amide bonds. The van der Waals surface area contributed by atoms with Gasteiger partial charge in [-0.15, -0.1) is 0 Å². The fourth-order valence-electron chi connectivity index (χ4n) is 4.13. The van der Waals surface area contributed by atoms with Gasteiger partial charge in [-0.05, 0) is 30.2 Å². The standard InChI is InChI=1S/C21H23N5O3/c1-13-10-14(2-3-17(27)25-4-7-28-8-5-25)11-15-18(13)20-19(21(22)23-15)24-16-12-29-9-6-26(16)20/h2-3,10-11H,4-9,12H2,1H3,(H2,22,23). The molecule has 2 aromatic heterocycles. The number of pyridine rings is 1. The van der Waals surface area contributed by atoms with Crippen LogP contribution in [0.4, 0.5) is 5.82 Å². The molecule has 8 heteroatoms. The third kappa shape index (κ3) is 3.14. The lowest BCUT2D eigenvalue weighted by Gasteiger charge is -2.25. The molecule has 2 aliphatic heterocycles. The van der Waals surface area contributed by atoms with Gasteiger partial charge in [-0.2, -0.15) is 0 Å². The number of amides is 1. The monoisotopic (exact) mass is 393 g/mol. The highest BCUT2D eigenvalue weighted by Gasteiger charge is 2.21. The summed E-state index contributed by atoms with van der Waals surface area (Å²) in [7, 11) is 0. The molecule has 0 radical (unpaired) electrons. The van der Waals surface area contributed by atoms with Crippen molar-refractivity contribution in [3.05, 3.63) is 35.2 Å². The molecule has 0 aliphatic carbocycles. The maximum Gasteiger partial charge on any atom is 0.246 e. The third-order valence-electron chi connectivity index (χ3n) is 5.54. The van der Waals surface area contributed by atoms with Crippen molar-refractivity contribution >= 4 is 39.7 Å². The number of aromatic nitrogens is 3. The van der Waals surface area contributed by atoms with Crippen molar-refractivity contribution in [3.8, 4) is 0 Å². The highest BCUT2D eigenvalue weighted by atomic mass is 16.5. The maximum absolute atomic E-state index is 12.4. The van der Waals surface area contributed by atoms with Crippen molar-refractivity contribution < 1.29 is 14.3 Å². The zero-order valence-corrected chi connectivity index (χ0v) is 16.4. The summed E-state index contributed by atoms with van der Waals surface area (Å²) in [6, 6.07) is 4.04. The lowest BCUT2D eigenvalue weighted by Crippen LogP contribution is -2.39. The second-order valence-electron chi connectivity index (χ2n) is 7.43. The number of ether oxygens (including phenoxy) is 2. The van der Waals surface area contributed by atoms with Gasteiger partial charge in [-0.1, -0.05) is 6.07 Å². The molecule has 150 valence electrons. The second kappa shape index (κ2) is 7.13. The summed E-state index contributed by atoms with van der Waals surface area (Å²) in [5.74, 6) is 1.30. The zero-order chi connectivity index (χ0) is 20.0. The molecule has 2 N–H and O–H groups in total. The Morgan fingerprint density at radius 2 is 1.93 bits per heavy atom. The summed E-state index contributed by atoms with van der Waals surface area (Å²) < 4.78 is 13.0. The van der Waals surface area contributed by atoms with Gasteiger partial charge < -0.3 is 24.7 Å². The first-order valence-corrected chi connectivity index (χ1v) is 9.83. The Morgan fingerprint density at radius 3 is 2.76 bits per heavy atom. The number of hydrogen-bond donors (Lipinski definition) is 1. The van der Waals surface area contributed by atoms with Crippen LogP contribution in [0, 0.1) is 6.92 Å². The maximum atomic E-state index is 12.4. The molecule has 5 rings (SSSR count). The molecule has 0 bridgehead atoms. The van der Waals surface area contributed by atoms with Gasteiger partial charge in [0.15, 0.2) is 5.82 Å². The summed E-state index contributed by atoms with van der Waals surface area (Å²) in [6.07, 6.45) is 3.46. The van der Waals surface area contributed by atoms with Gasteiger partial charge in [0, 0.05) is 31.1 Å². The number of carbonyl (C=O) groups excluding carboxylic acids is 1. The van der Waals surface area contributed by atoms with E-state index in [0.29, 0.717) is 45.3 Å². The number of nitrogens with two attached hydrogens (primary N) is 1. The van der Waals surface area contributed by atoms with Crippen LogP contribution in [-0.4, -0.2) is 58.3 Å². The lowest BCUT2D eigenvalue weighted by atomic mass is 10.0. The van der Waals surface area contributed by atoms with Crippen molar-refractivity contribution in [2.45, 2.75) is 20.1 Å². The number of carbonyl (C=O) groups is 1. The number of anilines is 1. The Kier molecular flexibility index (Phi) is 4.44. The number of imidazole rings is 1. The quantitative estimate of drug-likeness (QED) is 0.668. The zero-order valence-electron chi connectivity index (χ0n) is 16.4. The minimum Gasteiger partial charge on any atom is -0.382 e. The van der Waals surface area contributed by atoms with Gasteiger partial charge in [0.2, 0.25) is 5.91 Å². The van der Waals surface area contributed by atoms with Crippen LogP contribution in [0.3, 0.4) is 0 Å². The van der Waals surface area contributed by atoms with Crippen LogP contribution < -0.4 is 5.73 Å². The van der Waals surface area contributed by atoms with Gasteiger partial charge in [-0.3, -0.25) is 4.79 Å². The van der Waals surface area contributed by atoms with E-state index in [0.717, 1.165) is 45.4 Å². The van der Waals surface area contributed by atoms with E-state index < -0.39 is 0 Å². The van der Waals surface area contributed by atoms with Crippen LogP contribution >= 0.6 is 0 Å². The molecule has 8 nitrogen and oxygen atoms in total. The molecular weight excluding hydrogens is 370 g/mol. The first-order chi connectivity index (χ1) is 14.1. The number of benzene rings is 1. The highest BCUT2D eigenvalue weighted by Crippen LogP contribution is 2.33. The van der Waals surface area contributed by atoms with Crippen LogP contribution in [0.5, 0.6) is 0 Å². The van der Waals surface area contributed by atoms with Gasteiger partial charge in [-0.25, -0.2) is 9.97 Å². The Hall–Kier alpha value is -2.97. The number of morpholine rings is 1. The first-order valence-electron chi connectivity index (χ1n) is 9.83. The predicted octanol–water partition coefficient (Wildman–Crippen LogP) is 1.88. The summed E-state index contributed by atoms with van der Waals surface area (Å²) in [5.41, 5.74) is 10.8. The summed E-state index contributed by atoms with van der Waals surface area (Å²) >= 11 is 0. The highest BCUT2D eigenvalue weighted by molar-refractivity contribution is 6.08. The number of fused-ring (bicyclic) bond motifs is 5. The smallest absolute Gasteiger partial charge is 0.246 e. The Labute approximate surface area is 167 Å². The van der Waals surface area contributed by atoms with Crippen LogP contribution in [-0.2, 0) is 27.4 Å². The van der Waals surface area contributed by atoms with Gasteiger partial charge in [0.1, 0.15) is 17.9 Å². The molecule has 0 unspecified atom stereocenters. The largest absolute Gasteiger partial charge is 0.382 e. The fourth-order valence-corrected chi connectivity index (χ4v) is 4.13. The van der Waals surface area contributed by atoms with Gasteiger partial charge >= 0.3 is 0 Å². The molecule has 0 spiro atoms. The van der Waals surface area contributed by atoms with Crippen LogP contribution in [0.15, 0.2) is 18.2 Å². The SMILES string of the molecule is Cc1cc(C=CC(=O)N2CCOCC2)cc2nc(N)c3nc4n(c3c12)CCOC4. The van der Waals surface area contributed by atoms with E-state index in [9.17, 15) is 4.79 Å². The molecule has 29 heavy (non-hydrogen) atoms. The molecule has 1 aromatic carbocycles. The van der Waals surface area contributed by atoms with Crippen molar-refractivity contribution in [1.82, 2.24) is 19.4 Å². The van der Waals surface area contributed by atoms with E-state index in [1.807, 2.05) is 12.1 Å². The van der Waals surface area contributed by atoms with Crippen molar-refractivity contribution in [3.63, 3.8) is 0 Å². The summed E-state index contributed by atoms with van der Waals surface area (Å²) in [6.45, 7) is 6.39. The van der Waals surface area contributed by atoms with Crippen LogP contribution in [0.25, 0.3) is 28.0 Å². The Bertz CT molecular complexity index is 1140. The summed E-state index contributed by atoms with van der Waals surface area (Å²) in [5, 5.41) is 1.05. The molecule has 4 heterocycles. The number of hydrogen-bond acceptors (Lipinski definition) is 6. The van der Waals surface area contributed by atoms with E-state index in [1.165, 1.54) is 0 Å². The second-order valence-corrected chi connectivity index (χ2v) is 7.43. The molecule has 3 aromatic rings. The topological polar surface area (TPSA) is 95.5 Å². The molecule has 1 fully saturated rings. The summed E-state index contributed by atoms with van der Waals surface area (Å²) in [4.78, 5) is 23.5. The lowest BCUT2D eigenvalue weighted by molar-refractivity contribution is -0.129. The van der Waals surface area contributed by atoms with E-state index >= 15 is 0 Å². The molecule has 2 aliphatic rings. The Balaban J connectivity index is 1.57. The predicted molar refractivity (Wildman–Crippen MR) is 110 cm³/mol. The molecular formula is C21H23N5O3. The number of nitrogens with zero attached hydrogens (tertiary/aromatic N) is 4. The van der Waals surface area contributed by atoms with Crippen LogP contribution in [0.2, 0.25) is 0 Å².